The maximum atomic E-state index is 12.5. The van der Waals surface area contributed by atoms with E-state index in [0.29, 0.717) is 17.9 Å². The standard InChI is InChI=1S/C15H12ClNO4/c16-8-5-6-9-11(7-8)14(19)17(13(9)18)12-4-2-1-3-10(12)15(20)21/h1-5,9,11H,6-7H2,(H,20,21)/p-1/t9-,11+/m0/s1. The van der Waals surface area contributed by atoms with Crippen LogP contribution < -0.4 is 10.0 Å². The number of aromatic carboxylic acids is 1. The van der Waals surface area contributed by atoms with Crippen molar-refractivity contribution in [2.24, 2.45) is 11.8 Å². The molecule has 21 heavy (non-hydrogen) atoms. The molecule has 0 bridgehead atoms. The molecule has 2 amide bonds. The summed E-state index contributed by atoms with van der Waals surface area (Å²) in [6, 6.07) is 5.85. The van der Waals surface area contributed by atoms with Crippen molar-refractivity contribution >= 4 is 35.1 Å². The summed E-state index contributed by atoms with van der Waals surface area (Å²) in [4.78, 5) is 37.1. The molecular formula is C15H11ClNO4-. The van der Waals surface area contributed by atoms with Crippen molar-refractivity contribution in [1.82, 2.24) is 0 Å². The summed E-state index contributed by atoms with van der Waals surface area (Å²) in [5, 5.41) is 11.7. The molecule has 2 aliphatic rings. The molecule has 108 valence electrons. The van der Waals surface area contributed by atoms with E-state index in [-0.39, 0.29) is 17.2 Å². The van der Waals surface area contributed by atoms with Gasteiger partial charge in [0.05, 0.1) is 23.5 Å². The van der Waals surface area contributed by atoms with Crippen LogP contribution in [-0.2, 0) is 9.59 Å². The quantitative estimate of drug-likeness (QED) is 0.766. The summed E-state index contributed by atoms with van der Waals surface area (Å²) in [5.74, 6) is -3.17. The van der Waals surface area contributed by atoms with Gasteiger partial charge in [-0.3, -0.25) is 9.59 Å². The highest BCUT2D eigenvalue weighted by Crippen LogP contribution is 2.41. The van der Waals surface area contributed by atoms with Gasteiger partial charge in [0.25, 0.3) is 0 Å². The van der Waals surface area contributed by atoms with Gasteiger partial charge in [0.15, 0.2) is 0 Å². The molecule has 1 heterocycles. The van der Waals surface area contributed by atoms with Gasteiger partial charge in [-0.1, -0.05) is 35.9 Å². The molecule has 1 aliphatic carbocycles. The molecule has 0 unspecified atom stereocenters. The number of nitrogens with zero attached hydrogens (tertiary/aromatic N) is 1. The average molecular weight is 305 g/mol. The van der Waals surface area contributed by atoms with Gasteiger partial charge in [0.1, 0.15) is 0 Å². The van der Waals surface area contributed by atoms with E-state index in [2.05, 4.69) is 0 Å². The Bertz CT molecular complexity index is 682. The first kappa shape index (κ1) is 13.8. The molecule has 1 fully saturated rings. The van der Waals surface area contributed by atoms with Crippen LogP contribution in [0.1, 0.15) is 23.2 Å². The lowest BCUT2D eigenvalue weighted by Gasteiger charge is -2.19. The molecular weight excluding hydrogens is 294 g/mol. The van der Waals surface area contributed by atoms with E-state index in [0.717, 1.165) is 4.90 Å². The molecule has 2 atom stereocenters. The fourth-order valence-electron chi connectivity index (χ4n) is 2.91. The lowest BCUT2D eigenvalue weighted by atomic mass is 9.85. The van der Waals surface area contributed by atoms with Crippen LogP contribution in [0.2, 0.25) is 0 Å². The number of amides is 2. The number of carbonyl (C=O) groups is 3. The van der Waals surface area contributed by atoms with Gasteiger partial charge >= 0.3 is 0 Å². The Morgan fingerprint density at radius 3 is 2.57 bits per heavy atom. The monoisotopic (exact) mass is 304 g/mol. The van der Waals surface area contributed by atoms with Crippen molar-refractivity contribution < 1.29 is 19.5 Å². The molecule has 1 aromatic rings. The summed E-state index contributed by atoms with van der Waals surface area (Å²) < 4.78 is 0. The molecule has 5 nitrogen and oxygen atoms in total. The predicted octanol–water partition coefficient (Wildman–Crippen LogP) is 1.07. The van der Waals surface area contributed by atoms with Crippen LogP contribution in [0.15, 0.2) is 35.4 Å². The predicted molar refractivity (Wildman–Crippen MR) is 73.4 cm³/mol. The second-order valence-corrected chi connectivity index (χ2v) is 5.61. The van der Waals surface area contributed by atoms with Gasteiger partial charge in [0, 0.05) is 10.6 Å². The molecule has 6 heteroatoms. The molecule has 0 saturated carbocycles. The number of hydrogen-bond acceptors (Lipinski definition) is 4. The Balaban J connectivity index is 2.04. The highest BCUT2D eigenvalue weighted by Gasteiger charge is 2.49. The average Bonchev–Trinajstić information content (AvgIpc) is 2.70. The lowest BCUT2D eigenvalue weighted by molar-refractivity contribution is -0.254. The minimum Gasteiger partial charge on any atom is -0.545 e. The maximum Gasteiger partial charge on any atom is 0.238 e. The third-order valence-electron chi connectivity index (χ3n) is 3.93. The largest absolute Gasteiger partial charge is 0.545 e. The second kappa shape index (κ2) is 5.00. The summed E-state index contributed by atoms with van der Waals surface area (Å²) in [5.41, 5.74) is -0.102. The van der Waals surface area contributed by atoms with E-state index in [1.165, 1.54) is 18.2 Å². The Labute approximate surface area is 125 Å². The van der Waals surface area contributed by atoms with Crippen LogP contribution in [-0.4, -0.2) is 17.8 Å². The number of allylic oxidation sites excluding steroid dienone is 2. The first-order valence-corrected chi connectivity index (χ1v) is 6.91. The van der Waals surface area contributed by atoms with Crippen molar-refractivity contribution in [2.75, 3.05) is 4.90 Å². The number of imide groups is 1. The number of benzene rings is 1. The first-order valence-electron chi connectivity index (χ1n) is 6.53. The smallest absolute Gasteiger partial charge is 0.238 e. The molecule has 3 rings (SSSR count). The van der Waals surface area contributed by atoms with Crippen molar-refractivity contribution in [3.8, 4) is 0 Å². The normalized spacial score (nSPS) is 24.8. The minimum absolute atomic E-state index is 0.0676. The summed E-state index contributed by atoms with van der Waals surface area (Å²) in [6.45, 7) is 0. The van der Waals surface area contributed by atoms with Gasteiger partial charge in [-0.05, 0) is 18.9 Å². The molecule has 0 radical (unpaired) electrons. The number of carboxylic acid groups (broad SMARTS) is 1. The third kappa shape index (κ3) is 2.14. The van der Waals surface area contributed by atoms with E-state index in [9.17, 15) is 19.5 Å². The van der Waals surface area contributed by atoms with E-state index in [4.69, 9.17) is 11.6 Å². The topological polar surface area (TPSA) is 77.5 Å². The van der Waals surface area contributed by atoms with Crippen molar-refractivity contribution in [3.63, 3.8) is 0 Å². The number of halogens is 1. The third-order valence-corrected chi connectivity index (χ3v) is 4.24. The fraction of sp³-hybridized carbons (Fsp3) is 0.267. The maximum absolute atomic E-state index is 12.5. The van der Waals surface area contributed by atoms with Gasteiger partial charge in [-0.2, -0.15) is 0 Å². The Morgan fingerprint density at radius 2 is 1.86 bits per heavy atom. The van der Waals surface area contributed by atoms with Crippen LogP contribution in [0.4, 0.5) is 5.69 Å². The fourth-order valence-corrected chi connectivity index (χ4v) is 3.16. The van der Waals surface area contributed by atoms with Gasteiger partial charge < -0.3 is 9.90 Å². The van der Waals surface area contributed by atoms with Crippen molar-refractivity contribution in [2.45, 2.75) is 12.8 Å². The Kier molecular flexibility index (Phi) is 3.29. The van der Waals surface area contributed by atoms with Crippen molar-refractivity contribution in [1.29, 1.82) is 0 Å². The number of hydrogen-bond donors (Lipinski definition) is 0. The molecule has 0 spiro atoms. The summed E-state index contributed by atoms with van der Waals surface area (Å²) in [7, 11) is 0. The molecule has 0 N–H and O–H groups in total. The van der Waals surface area contributed by atoms with Gasteiger partial charge in [-0.15, -0.1) is 0 Å². The van der Waals surface area contributed by atoms with Gasteiger partial charge in [0.2, 0.25) is 11.8 Å². The van der Waals surface area contributed by atoms with Gasteiger partial charge in [-0.25, -0.2) is 4.90 Å². The SMILES string of the molecule is O=C([O-])c1ccccc1N1C(=O)[C@H]2CC=C(Cl)C[C@H]2C1=O. The number of fused-ring (bicyclic) bond motifs is 1. The number of carboxylic acids is 1. The van der Waals surface area contributed by atoms with E-state index in [1.807, 2.05) is 0 Å². The summed E-state index contributed by atoms with van der Waals surface area (Å²) >= 11 is 5.95. The zero-order valence-electron chi connectivity index (χ0n) is 10.9. The minimum atomic E-state index is -1.42. The Hall–Kier alpha value is -2.14. The zero-order valence-corrected chi connectivity index (χ0v) is 11.7. The highest BCUT2D eigenvalue weighted by atomic mass is 35.5. The number of carbonyl (C=O) groups excluding carboxylic acids is 3. The van der Waals surface area contributed by atoms with E-state index in [1.54, 1.807) is 12.1 Å². The van der Waals surface area contributed by atoms with Crippen molar-refractivity contribution in [3.05, 3.63) is 40.9 Å². The molecule has 1 saturated heterocycles. The molecule has 1 aliphatic heterocycles. The Morgan fingerprint density at radius 1 is 1.19 bits per heavy atom. The van der Waals surface area contributed by atoms with Crippen LogP contribution in [0, 0.1) is 11.8 Å². The second-order valence-electron chi connectivity index (χ2n) is 5.12. The number of anilines is 1. The molecule has 0 aromatic heterocycles. The number of para-hydroxylation sites is 1. The summed E-state index contributed by atoms with van der Waals surface area (Å²) in [6.07, 6.45) is 2.46. The highest BCUT2D eigenvalue weighted by molar-refractivity contribution is 6.31. The molecule has 1 aromatic carbocycles. The van der Waals surface area contributed by atoms with Crippen LogP contribution in [0.25, 0.3) is 0 Å². The van der Waals surface area contributed by atoms with Crippen LogP contribution in [0.3, 0.4) is 0 Å². The first-order chi connectivity index (χ1) is 10.0. The number of rotatable bonds is 2. The van der Waals surface area contributed by atoms with E-state index >= 15 is 0 Å². The lowest BCUT2D eigenvalue weighted by Crippen LogP contribution is -2.34. The zero-order chi connectivity index (χ0) is 15.1. The van der Waals surface area contributed by atoms with E-state index < -0.39 is 23.7 Å². The van der Waals surface area contributed by atoms with Crippen LogP contribution in [0.5, 0.6) is 0 Å². The van der Waals surface area contributed by atoms with Crippen LogP contribution >= 0.6 is 11.6 Å².